The SMILES string of the molecule is CN(C)Cc1cccc(C(=O)NC2C3CCCC2CC(N)C3)c1.Cl.Cl. The third-order valence-electron chi connectivity index (χ3n) is 5.36. The molecule has 1 aromatic rings. The molecule has 2 unspecified atom stereocenters. The normalized spacial score (nSPS) is 27.8. The lowest BCUT2D eigenvalue weighted by Crippen LogP contribution is -2.53. The fourth-order valence-electron chi connectivity index (χ4n) is 4.44. The monoisotopic (exact) mass is 387 g/mol. The smallest absolute Gasteiger partial charge is 0.251 e. The molecular weight excluding hydrogens is 357 g/mol. The maximum atomic E-state index is 12.7. The van der Waals surface area contributed by atoms with Crippen LogP contribution in [0.15, 0.2) is 24.3 Å². The second-order valence-corrected chi connectivity index (χ2v) is 7.62. The minimum absolute atomic E-state index is 0. The van der Waals surface area contributed by atoms with Crippen LogP contribution < -0.4 is 11.1 Å². The summed E-state index contributed by atoms with van der Waals surface area (Å²) in [4.78, 5) is 14.8. The predicted octanol–water partition coefficient (Wildman–Crippen LogP) is 3.23. The number of nitrogens with zero attached hydrogens (tertiary/aromatic N) is 1. The van der Waals surface area contributed by atoms with Gasteiger partial charge in [0.25, 0.3) is 5.91 Å². The summed E-state index contributed by atoms with van der Waals surface area (Å²) in [6.45, 7) is 0.852. The minimum Gasteiger partial charge on any atom is -0.349 e. The molecule has 0 heterocycles. The van der Waals surface area contributed by atoms with E-state index in [1.807, 2.05) is 32.3 Å². The summed E-state index contributed by atoms with van der Waals surface area (Å²) < 4.78 is 0. The Morgan fingerprint density at radius 3 is 2.44 bits per heavy atom. The van der Waals surface area contributed by atoms with Crippen molar-refractivity contribution in [2.45, 2.75) is 50.7 Å². The van der Waals surface area contributed by atoms with Crippen molar-refractivity contribution >= 4 is 30.7 Å². The molecule has 2 aliphatic carbocycles. The number of carbonyl (C=O) groups is 1. The second kappa shape index (κ2) is 9.77. The fraction of sp³-hybridized carbons (Fsp3) is 0.632. The van der Waals surface area contributed by atoms with Gasteiger partial charge in [-0.15, -0.1) is 24.8 Å². The molecule has 142 valence electrons. The molecule has 2 saturated carbocycles. The molecule has 3 rings (SSSR count). The zero-order valence-electron chi connectivity index (χ0n) is 15.1. The predicted molar refractivity (Wildman–Crippen MR) is 108 cm³/mol. The van der Waals surface area contributed by atoms with Crippen LogP contribution in [0.4, 0.5) is 0 Å². The zero-order valence-corrected chi connectivity index (χ0v) is 16.7. The molecule has 6 heteroatoms. The van der Waals surface area contributed by atoms with Crippen LogP contribution in [-0.4, -0.2) is 37.0 Å². The molecule has 2 atom stereocenters. The third kappa shape index (κ3) is 5.58. The van der Waals surface area contributed by atoms with Crippen LogP contribution in [0.2, 0.25) is 0 Å². The Bertz CT molecular complexity index is 553. The maximum absolute atomic E-state index is 12.7. The number of carbonyl (C=O) groups excluding carboxylic acids is 1. The Hall–Kier alpha value is -0.810. The van der Waals surface area contributed by atoms with E-state index < -0.39 is 0 Å². The summed E-state index contributed by atoms with van der Waals surface area (Å²) in [5.74, 6) is 1.20. The van der Waals surface area contributed by atoms with Gasteiger partial charge in [-0.3, -0.25) is 4.79 Å². The van der Waals surface area contributed by atoms with E-state index in [-0.39, 0.29) is 30.7 Å². The highest BCUT2D eigenvalue weighted by atomic mass is 35.5. The Balaban J connectivity index is 0.00000156. The summed E-state index contributed by atoms with van der Waals surface area (Å²) in [5.41, 5.74) is 8.13. The Kier molecular flexibility index (Phi) is 8.69. The van der Waals surface area contributed by atoms with Gasteiger partial charge in [0, 0.05) is 24.2 Å². The molecule has 3 N–H and O–H groups in total. The highest BCUT2D eigenvalue weighted by Gasteiger charge is 2.39. The number of nitrogens with two attached hydrogens (primary N) is 1. The lowest BCUT2D eigenvalue weighted by atomic mass is 9.67. The van der Waals surface area contributed by atoms with E-state index in [0.29, 0.717) is 23.9 Å². The number of hydrogen-bond donors (Lipinski definition) is 2. The van der Waals surface area contributed by atoms with Crippen molar-refractivity contribution in [1.82, 2.24) is 10.2 Å². The number of nitrogens with one attached hydrogen (secondary N) is 1. The fourth-order valence-corrected chi connectivity index (χ4v) is 4.44. The van der Waals surface area contributed by atoms with Crippen LogP contribution in [0, 0.1) is 11.8 Å². The van der Waals surface area contributed by atoms with Crippen molar-refractivity contribution in [3.8, 4) is 0 Å². The van der Waals surface area contributed by atoms with Crippen molar-refractivity contribution in [1.29, 1.82) is 0 Å². The average Bonchev–Trinajstić information content (AvgIpc) is 2.47. The van der Waals surface area contributed by atoms with Gasteiger partial charge in [-0.05, 0) is 69.3 Å². The number of rotatable bonds is 4. The number of fused-ring (bicyclic) bond motifs is 2. The zero-order chi connectivity index (χ0) is 16.4. The van der Waals surface area contributed by atoms with E-state index in [4.69, 9.17) is 5.73 Å². The van der Waals surface area contributed by atoms with Gasteiger partial charge >= 0.3 is 0 Å². The van der Waals surface area contributed by atoms with Gasteiger partial charge in [0.2, 0.25) is 0 Å². The van der Waals surface area contributed by atoms with Crippen LogP contribution in [0.5, 0.6) is 0 Å². The van der Waals surface area contributed by atoms with Crippen molar-refractivity contribution in [3.63, 3.8) is 0 Å². The van der Waals surface area contributed by atoms with E-state index in [9.17, 15) is 4.79 Å². The topological polar surface area (TPSA) is 58.4 Å². The van der Waals surface area contributed by atoms with E-state index in [1.54, 1.807) is 0 Å². The number of hydrogen-bond acceptors (Lipinski definition) is 3. The molecular formula is C19H31Cl2N3O. The number of benzene rings is 1. The van der Waals surface area contributed by atoms with Gasteiger partial charge < -0.3 is 16.0 Å². The highest BCUT2D eigenvalue weighted by Crippen LogP contribution is 2.39. The van der Waals surface area contributed by atoms with E-state index >= 15 is 0 Å². The standard InChI is InChI=1S/C19H29N3O.2ClH/c1-22(2)12-13-5-3-8-16(9-13)19(23)21-18-14-6-4-7-15(18)11-17(20)10-14;;/h3,5,8-9,14-15,17-18H,4,6-7,10-12,20H2,1-2H3,(H,21,23);2*1H. The van der Waals surface area contributed by atoms with Gasteiger partial charge in [0.1, 0.15) is 0 Å². The molecule has 0 radical (unpaired) electrons. The Morgan fingerprint density at radius 2 is 1.84 bits per heavy atom. The largest absolute Gasteiger partial charge is 0.349 e. The summed E-state index contributed by atoms with van der Waals surface area (Å²) in [6.07, 6.45) is 5.81. The maximum Gasteiger partial charge on any atom is 0.251 e. The number of halogens is 2. The van der Waals surface area contributed by atoms with Crippen LogP contribution in [0.3, 0.4) is 0 Å². The van der Waals surface area contributed by atoms with Crippen molar-refractivity contribution in [3.05, 3.63) is 35.4 Å². The van der Waals surface area contributed by atoms with E-state index in [1.165, 1.54) is 24.8 Å². The van der Waals surface area contributed by atoms with Crippen molar-refractivity contribution in [2.24, 2.45) is 17.6 Å². The molecule has 0 spiro atoms. The van der Waals surface area contributed by atoms with Gasteiger partial charge in [0.05, 0.1) is 0 Å². The molecule has 1 amide bonds. The van der Waals surface area contributed by atoms with Gasteiger partial charge in [-0.25, -0.2) is 0 Å². The molecule has 2 bridgehead atoms. The Morgan fingerprint density at radius 1 is 1.20 bits per heavy atom. The first-order valence-corrected chi connectivity index (χ1v) is 8.83. The van der Waals surface area contributed by atoms with Crippen LogP contribution in [-0.2, 0) is 6.54 Å². The molecule has 0 saturated heterocycles. The van der Waals surface area contributed by atoms with Gasteiger partial charge in [0.15, 0.2) is 0 Å². The lowest BCUT2D eigenvalue weighted by molar-refractivity contribution is 0.0756. The summed E-state index contributed by atoms with van der Waals surface area (Å²) >= 11 is 0. The van der Waals surface area contributed by atoms with Gasteiger partial charge in [-0.2, -0.15) is 0 Å². The summed E-state index contributed by atoms with van der Waals surface area (Å²) in [6, 6.07) is 8.62. The highest BCUT2D eigenvalue weighted by molar-refractivity contribution is 5.94. The van der Waals surface area contributed by atoms with E-state index in [2.05, 4.69) is 16.3 Å². The van der Waals surface area contributed by atoms with Gasteiger partial charge in [-0.1, -0.05) is 18.6 Å². The van der Waals surface area contributed by atoms with Crippen molar-refractivity contribution in [2.75, 3.05) is 14.1 Å². The molecule has 4 nitrogen and oxygen atoms in total. The third-order valence-corrected chi connectivity index (χ3v) is 5.36. The molecule has 0 aliphatic heterocycles. The van der Waals surface area contributed by atoms with Crippen LogP contribution >= 0.6 is 24.8 Å². The molecule has 0 aromatic heterocycles. The average molecular weight is 388 g/mol. The van der Waals surface area contributed by atoms with E-state index in [0.717, 1.165) is 24.9 Å². The van der Waals surface area contributed by atoms with Crippen molar-refractivity contribution < 1.29 is 4.79 Å². The second-order valence-electron chi connectivity index (χ2n) is 7.62. The minimum atomic E-state index is 0. The number of amides is 1. The molecule has 25 heavy (non-hydrogen) atoms. The summed E-state index contributed by atoms with van der Waals surface area (Å²) in [5, 5.41) is 3.33. The van der Waals surface area contributed by atoms with Crippen LogP contribution in [0.1, 0.15) is 48.0 Å². The summed E-state index contributed by atoms with van der Waals surface area (Å²) in [7, 11) is 4.08. The molecule has 2 aliphatic rings. The Labute approximate surface area is 163 Å². The first-order valence-electron chi connectivity index (χ1n) is 8.83. The molecule has 1 aromatic carbocycles. The van der Waals surface area contributed by atoms with Crippen LogP contribution in [0.25, 0.3) is 0 Å². The first-order chi connectivity index (χ1) is 11.0. The first kappa shape index (κ1) is 22.2. The quantitative estimate of drug-likeness (QED) is 0.833. The molecule has 2 fully saturated rings. The lowest BCUT2D eigenvalue weighted by Gasteiger charge is -2.45.